The Hall–Kier alpha value is -2.32. The van der Waals surface area contributed by atoms with Crippen LogP contribution in [-0.2, 0) is 14.3 Å². The predicted octanol–water partition coefficient (Wildman–Crippen LogP) is 5.88. The molecular weight excluding hydrogens is 538 g/mol. The maximum absolute atomic E-state index is 13.2. The summed E-state index contributed by atoms with van der Waals surface area (Å²) in [4.78, 5) is 52.4. The summed E-state index contributed by atoms with van der Waals surface area (Å²) in [6.45, 7) is 3.10. The third-order valence-electron chi connectivity index (χ3n) is 5.57. The largest absolute Gasteiger partial charge is 0.454 e. The highest BCUT2D eigenvalue weighted by atomic mass is 35.5. The van der Waals surface area contributed by atoms with Gasteiger partial charge >= 0.3 is 5.97 Å². The Balaban J connectivity index is 1.77. The van der Waals surface area contributed by atoms with E-state index in [1.54, 1.807) is 6.92 Å². The minimum Gasteiger partial charge on any atom is -0.454 e. The van der Waals surface area contributed by atoms with E-state index in [-0.39, 0.29) is 43.7 Å². The number of esters is 1. The number of hydrogen-bond acceptors (Lipinski definition) is 5. The first-order valence-corrected chi connectivity index (χ1v) is 12.4. The molecule has 0 spiro atoms. The van der Waals surface area contributed by atoms with Gasteiger partial charge in [0.2, 0.25) is 0 Å². The van der Waals surface area contributed by atoms with Gasteiger partial charge in [0.15, 0.2) is 6.61 Å². The Kier molecular flexibility index (Phi) is 9.05. The molecule has 0 fully saturated rings. The standard InChI is InChI=1S/C24H22Cl4N2O5/c1-3-4-10-14(24(34)35-11-15(31)29-12(2)13-8-6-5-7-9-13)30-22(32)16-17(23(30)33)19(26)21(28)20(27)18(16)25/h5-9,12,14H,3-4,10-11H2,1-2H3,(H,29,31)/t12-,14+/m1/s1. The van der Waals surface area contributed by atoms with Crippen molar-refractivity contribution in [3.8, 4) is 0 Å². The molecule has 3 rings (SSSR count). The van der Waals surface area contributed by atoms with Gasteiger partial charge < -0.3 is 10.1 Å². The fourth-order valence-corrected chi connectivity index (χ4v) is 4.75. The van der Waals surface area contributed by atoms with Crippen LogP contribution in [-0.4, -0.2) is 41.2 Å². The zero-order valence-electron chi connectivity index (χ0n) is 18.9. The summed E-state index contributed by atoms with van der Waals surface area (Å²) in [7, 11) is 0. The number of amides is 3. The number of nitrogens with one attached hydrogen (secondary N) is 1. The van der Waals surface area contributed by atoms with Crippen molar-refractivity contribution in [3.05, 3.63) is 67.1 Å². The van der Waals surface area contributed by atoms with E-state index >= 15 is 0 Å². The van der Waals surface area contributed by atoms with Gasteiger partial charge in [0.1, 0.15) is 6.04 Å². The number of carbonyl (C=O) groups excluding carboxylic acids is 4. The third kappa shape index (κ3) is 5.59. The predicted molar refractivity (Wildman–Crippen MR) is 134 cm³/mol. The molecule has 0 aliphatic carbocycles. The van der Waals surface area contributed by atoms with Crippen molar-refractivity contribution in [2.24, 2.45) is 0 Å². The molecule has 186 valence electrons. The SMILES string of the molecule is CCCC[C@@H](C(=O)OCC(=O)N[C@H](C)c1ccccc1)N1C(=O)c2c(Cl)c(Cl)c(Cl)c(Cl)c2C1=O. The van der Waals surface area contributed by atoms with Crippen LogP contribution in [0.4, 0.5) is 0 Å². The molecule has 1 aliphatic rings. The summed E-state index contributed by atoms with van der Waals surface area (Å²) < 4.78 is 5.20. The van der Waals surface area contributed by atoms with Gasteiger partial charge in [0, 0.05) is 0 Å². The fraction of sp³-hybridized carbons (Fsp3) is 0.333. The van der Waals surface area contributed by atoms with Gasteiger partial charge in [-0.05, 0) is 18.9 Å². The van der Waals surface area contributed by atoms with E-state index in [1.807, 2.05) is 37.3 Å². The maximum Gasteiger partial charge on any atom is 0.329 e. The molecule has 35 heavy (non-hydrogen) atoms. The number of fused-ring (bicyclic) bond motifs is 1. The molecule has 0 saturated carbocycles. The minimum atomic E-state index is -1.29. The van der Waals surface area contributed by atoms with Gasteiger partial charge in [-0.3, -0.25) is 19.3 Å². The van der Waals surface area contributed by atoms with Crippen molar-refractivity contribution >= 4 is 70.1 Å². The summed E-state index contributed by atoms with van der Waals surface area (Å²) in [6, 6.07) is 7.66. The number of imide groups is 1. The van der Waals surface area contributed by atoms with Gasteiger partial charge in [-0.1, -0.05) is 96.5 Å². The van der Waals surface area contributed by atoms with Crippen LogP contribution in [0.25, 0.3) is 0 Å². The van der Waals surface area contributed by atoms with Gasteiger partial charge in [-0.25, -0.2) is 4.79 Å². The summed E-state index contributed by atoms with van der Waals surface area (Å²) in [5, 5.41) is 1.94. The third-order valence-corrected chi connectivity index (χ3v) is 7.37. The lowest BCUT2D eigenvalue weighted by Gasteiger charge is -2.24. The molecule has 1 aliphatic heterocycles. The lowest BCUT2D eigenvalue weighted by Crippen LogP contribution is -2.46. The molecule has 2 aromatic rings. The smallest absolute Gasteiger partial charge is 0.329 e. The number of nitrogens with zero attached hydrogens (tertiary/aromatic N) is 1. The molecule has 7 nitrogen and oxygen atoms in total. The Morgan fingerprint density at radius 2 is 1.49 bits per heavy atom. The lowest BCUT2D eigenvalue weighted by molar-refractivity contribution is -0.152. The van der Waals surface area contributed by atoms with E-state index in [0.717, 1.165) is 10.5 Å². The Morgan fingerprint density at radius 1 is 0.943 bits per heavy atom. The number of hydrogen-bond donors (Lipinski definition) is 1. The minimum absolute atomic E-state index is 0.125. The highest BCUT2D eigenvalue weighted by Crippen LogP contribution is 2.45. The number of unbranched alkanes of at least 4 members (excludes halogenated alkanes) is 1. The van der Waals surface area contributed by atoms with Gasteiger partial charge in [0.05, 0.1) is 37.3 Å². The Bertz CT molecular complexity index is 1130. The number of halogens is 4. The van der Waals surface area contributed by atoms with Crippen molar-refractivity contribution < 1.29 is 23.9 Å². The monoisotopic (exact) mass is 558 g/mol. The van der Waals surface area contributed by atoms with Crippen LogP contribution in [0, 0.1) is 0 Å². The van der Waals surface area contributed by atoms with Gasteiger partial charge in [-0.2, -0.15) is 0 Å². The first-order valence-electron chi connectivity index (χ1n) is 10.8. The molecule has 1 heterocycles. The van der Waals surface area contributed by atoms with Crippen molar-refractivity contribution in [2.45, 2.75) is 45.2 Å². The second-order valence-corrected chi connectivity index (χ2v) is 9.46. The Morgan fingerprint density at radius 3 is 2.00 bits per heavy atom. The number of rotatable bonds is 9. The van der Waals surface area contributed by atoms with E-state index in [9.17, 15) is 19.2 Å². The van der Waals surface area contributed by atoms with E-state index < -0.39 is 36.3 Å². The van der Waals surface area contributed by atoms with Crippen molar-refractivity contribution in [2.75, 3.05) is 6.61 Å². The normalized spacial score (nSPS) is 14.5. The first kappa shape index (κ1) is 27.3. The average molecular weight is 560 g/mol. The second kappa shape index (κ2) is 11.6. The highest BCUT2D eigenvalue weighted by molar-refractivity contribution is 6.55. The van der Waals surface area contributed by atoms with Crippen LogP contribution in [0.2, 0.25) is 20.1 Å². The molecule has 11 heteroatoms. The van der Waals surface area contributed by atoms with Crippen molar-refractivity contribution in [1.82, 2.24) is 10.2 Å². The summed E-state index contributed by atoms with van der Waals surface area (Å²) in [6.07, 6.45) is 1.31. The van der Waals surface area contributed by atoms with Gasteiger partial charge in [0.25, 0.3) is 17.7 Å². The van der Waals surface area contributed by atoms with Crippen molar-refractivity contribution in [1.29, 1.82) is 0 Å². The summed E-state index contributed by atoms with van der Waals surface area (Å²) in [5.74, 6) is -3.11. The molecule has 0 bridgehead atoms. The molecule has 0 radical (unpaired) electrons. The molecule has 2 atom stereocenters. The Labute approximate surface area is 222 Å². The first-order chi connectivity index (χ1) is 16.6. The molecule has 0 unspecified atom stereocenters. The molecular formula is C24H22Cl4N2O5. The zero-order valence-corrected chi connectivity index (χ0v) is 21.9. The van der Waals surface area contributed by atoms with Crippen LogP contribution < -0.4 is 5.32 Å². The summed E-state index contributed by atoms with van der Waals surface area (Å²) in [5.41, 5.74) is 0.435. The maximum atomic E-state index is 13.2. The zero-order chi connectivity index (χ0) is 25.9. The van der Waals surface area contributed by atoms with Gasteiger partial charge in [-0.15, -0.1) is 0 Å². The van der Waals surface area contributed by atoms with Crippen LogP contribution in [0.15, 0.2) is 30.3 Å². The van der Waals surface area contributed by atoms with E-state index in [1.165, 1.54) is 0 Å². The topological polar surface area (TPSA) is 92.8 Å². The van der Waals surface area contributed by atoms with Crippen molar-refractivity contribution in [3.63, 3.8) is 0 Å². The molecule has 0 saturated heterocycles. The highest BCUT2D eigenvalue weighted by Gasteiger charge is 2.47. The molecule has 1 N–H and O–H groups in total. The average Bonchev–Trinajstić information content (AvgIpc) is 3.11. The van der Waals surface area contributed by atoms with E-state index in [0.29, 0.717) is 12.8 Å². The molecule has 3 amide bonds. The molecule has 2 aromatic carbocycles. The van der Waals surface area contributed by atoms with Crippen LogP contribution in [0.3, 0.4) is 0 Å². The number of carbonyl (C=O) groups is 4. The number of ether oxygens (including phenoxy) is 1. The number of benzene rings is 2. The van der Waals surface area contributed by atoms with Crippen LogP contribution >= 0.6 is 46.4 Å². The van der Waals surface area contributed by atoms with Crippen LogP contribution in [0.1, 0.15) is 65.4 Å². The quantitative estimate of drug-likeness (QED) is 0.179. The molecule has 0 aromatic heterocycles. The van der Waals surface area contributed by atoms with Crippen LogP contribution in [0.5, 0.6) is 0 Å². The summed E-state index contributed by atoms with van der Waals surface area (Å²) >= 11 is 24.5. The lowest BCUT2D eigenvalue weighted by atomic mass is 10.1. The van der Waals surface area contributed by atoms with E-state index in [4.69, 9.17) is 51.1 Å². The van der Waals surface area contributed by atoms with E-state index in [2.05, 4.69) is 5.32 Å². The fourth-order valence-electron chi connectivity index (χ4n) is 3.74. The second-order valence-electron chi connectivity index (χ2n) is 7.95.